The number of nitrogens with zero attached hydrogens (tertiary/aromatic N) is 1. The molecule has 2 amide bonds. The largest absolute Gasteiger partial charge is 0.349 e. The van der Waals surface area contributed by atoms with Gasteiger partial charge >= 0.3 is 0 Å². The van der Waals surface area contributed by atoms with E-state index in [-0.39, 0.29) is 24.1 Å². The molecule has 0 bridgehead atoms. The molecule has 0 radical (unpaired) electrons. The number of aryl methyl sites for hydroxylation is 1. The minimum Gasteiger partial charge on any atom is -0.349 e. The standard InChI is InChI=1S/C25H31N3O4S/c1-2-16-26-25(30)22-14-6-7-15-23(22)27-24(29)21-13-8-17-28(19-21)33(31,32)18-9-12-20-10-4-3-5-11-20/h2-7,10-11,14-15,21H,1,8-9,12-13,16-19H2,(H,26,30)(H,27,29). The van der Waals surface area contributed by atoms with Gasteiger partial charge in [0.1, 0.15) is 0 Å². The number of hydrogen-bond acceptors (Lipinski definition) is 4. The van der Waals surface area contributed by atoms with Crippen molar-refractivity contribution in [1.29, 1.82) is 0 Å². The van der Waals surface area contributed by atoms with Gasteiger partial charge in [0.25, 0.3) is 5.91 Å². The Bertz CT molecular complexity index is 1070. The molecule has 0 saturated carbocycles. The molecule has 2 aromatic rings. The van der Waals surface area contributed by atoms with Crippen LogP contribution in [0.1, 0.15) is 35.2 Å². The van der Waals surface area contributed by atoms with E-state index in [1.165, 1.54) is 4.31 Å². The van der Waals surface area contributed by atoms with Crippen molar-refractivity contribution in [3.63, 3.8) is 0 Å². The van der Waals surface area contributed by atoms with Crippen molar-refractivity contribution < 1.29 is 18.0 Å². The number of rotatable bonds is 10. The van der Waals surface area contributed by atoms with Crippen molar-refractivity contribution >= 4 is 27.5 Å². The molecule has 1 heterocycles. The van der Waals surface area contributed by atoms with E-state index in [0.717, 1.165) is 5.56 Å². The molecule has 1 aliphatic rings. The molecule has 0 spiro atoms. The van der Waals surface area contributed by atoms with Crippen molar-refractivity contribution in [2.24, 2.45) is 5.92 Å². The highest BCUT2D eigenvalue weighted by molar-refractivity contribution is 7.89. The molecule has 1 aliphatic heterocycles. The Labute approximate surface area is 195 Å². The van der Waals surface area contributed by atoms with Crippen LogP contribution in [0.25, 0.3) is 0 Å². The van der Waals surface area contributed by atoms with E-state index in [2.05, 4.69) is 17.2 Å². The van der Waals surface area contributed by atoms with Crippen LogP contribution < -0.4 is 10.6 Å². The first kappa shape index (κ1) is 24.7. The lowest BCUT2D eigenvalue weighted by atomic mass is 9.98. The SMILES string of the molecule is C=CCNC(=O)c1ccccc1NC(=O)C1CCCN(S(=O)(=O)CCCc2ccccc2)C1. The van der Waals surface area contributed by atoms with Gasteiger partial charge in [-0.05, 0) is 43.4 Å². The average Bonchev–Trinajstić information content (AvgIpc) is 2.83. The van der Waals surface area contributed by atoms with Gasteiger partial charge in [-0.3, -0.25) is 9.59 Å². The van der Waals surface area contributed by atoms with Crippen molar-refractivity contribution in [2.45, 2.75) is 25.7 Å². The fourth-order valence-corrected chi connectivity index (χ4v) is 5.51. The molecule has 0 aromatic heterocycles. The fourth-order valence-electron chi connectivity index (χ4n) is 3.93. The van der Waals surface area contributed by atoms with Crippen LogP contribution >= 0.6 is 0 Å². The first-order valence-corrected chi connectivity index (χ1v) is 12.8. The number of carbonyl (C=O) groups is 2. The molecular weight excluding hydrogens is 438 g/mol. The zero-order chi connectivity index (χ0) is 23.7. The van der Waals surface area contributed by atoms with Gasteiger partial charge in [0, 0.05) is 19.6 Å². The van der Waals surface area contributed by atoms with E-state index in [0.29, 0.717) is 50.0 Å². The maximum atomic E-state index is 12.9. The van der Waals surface area contributed by atoms with E-state index in [9.17, 15) is 18.0 Å². The van der Waals surface area contributed by atoms with Crippen LogP contribution in [0.5, 0.6) is 0 Å². The molecular formula is C25H31N3O4S. The van der Waals surface area contributed by atoms with Gasteiger partial charge in [0.15, 0.2) is 0 Å². The van der Waals surface area contributed by atoms with E-state index >= 15 is 0 Å². The molecule has 1 atom stereocenters. The molecule has 7 nitrogen and oxygen atoms in total. The smallest absolute Gasteiger partial charge is 0.253 e. The Morgan fingerprint density at radius 1 is 1.09 bits per heavy atom. The summed E-state index contributed by atoms with van der Waals surface area (Å²) >= 11 is 0. The van der Waals surface area contributed by atoms with Crippen molar-refractivity contribution in [3.8, 4) is 0 Å². The lowest BCUT2D eigenvalue weighted by Crippen LogP contribution is -2.44. The normalized spacial score (nSPS) is 16.7. The summed E-state index contributed by atoms with van der Waals surface area (Å²) in [6.45, 7) is 4.49. The van der Waals surface area contributed by atoms with Gasteiger partial charge in [-0.1, -0.05) is 48.5 Å². The third-order valence-electron chi connectivity index (χ3n) is 5.70. The summed E-state index contributed by atoms with van der Waals surface area (Å²) in [5.74, 6) is -0.991. The first-order valence-electron chi connectivity index (χ1n) is 11.2. The topological polar surface area (TPSA) is 95.6 Å². The van der Waals surface area contributed by atoms with Crippen molar-refractivity contribution in [2.75, 3.05) is 30.7 Å². The number of nitrogens with one attached hydrogen (secondary N) is 2. The van der Waals surface area contributed by atoms with Gasteiger partial charge in [-0.2, -0.15) is 0 Å². The maximum absolute atomic E-state index is 12.9. The van der Waals surface area contributed by atoms with E-state index in [1.807, 2.05) is 30.3 Å². The van der Waals surface area contributed by atoms with Crippen LogP contribution in [-0.2, 0) is 21.2 Å². The van der Waals surface area contributed by atoms with E-state index in [4.69, 9.17) is 0 Å². The quantitative estimate of drug-likeness (QED) is 0.523. The molecule has 1 fully saturated rings. The van der Waals surface area contributed by atoms with Crippen LogP contribution in [-0.4, -0.2) is 49.9 Å². The van der Waals surface area contributed by atoms with Gasteiger partial charge in [0.2, 0.25) is 15.9 Å². The summed E-state index contributed by atoms with van der Waals surface area (Å²) < 4.78 is 27.2. The Morgan fingerprint density at radius 3 is 2.58 bits per heavy atom. The third kappa shape index (κ3) is 7.00. The van der Waals surface area contributed by atoms with Gasteiger partial charge < -0.3 is 10.6 Å². The summed E-state index contributed by atoms with van der Waals surface area (Å²) in [7, 11) is -3.44. The number of hydrogen-bond donors (Lipinski definition) is 2. The zero-order valence-electron chi connectivity index (χ0n) is 18.7. The first-order chi connectivity index (χ1) is 15.9. The number of carbonyl (C=O) groups excluding carboxylic acids is 2. The lowest BCUT2D eigenvalue weighted by Gasteiger charge is -2.31. The zero-order valence-corrected chi connectivity index (χ0v) is 19.5. The number of benzene rings is 2. The summed E-state index contributed by atoms with van der Waals surface area (Å²) in [6.07, 6.45) is 4.04. The van der Waals surface area contributed by atoms with Gasteiger partial charge in [-0.15, -0.1) is 6.58 Å². The monoisotopic (exact) mass is 469 g/mol. The van der Waals surface area contributed by atoms with Gasteiger partial charge in [0.05, 0.1) is 22.9 Å². The average molecular weight is 470 g/mol. The Balaban J connectivity index is 1.59. The summed E-state index contributed by atoms with van der Waals surface area (Å²) in [6, 6.07) is 16.6. The van der Waals surface area contributed by atoms with Gasteiger partial charge in [-0.25, -0.2) is 12.7 Å². The highest BCUT2D eigenvalue weighted by Gasteiger charge is 2.32. The van der Waals surface area contributed by atoms with Crippen LogP contribution in [0.3, 0.4) is 0 Å². The van der Waals surface area contributed by atoms with Crippen LogP contribution in [0.2, 0.25) is 0 Å². The fraction of sp³-hybridized carbons (Fsp3) is 0.360. The second-order valence-electron chi connectivity index (χ2n) is 8.14. The lowest BCUT2D eigenvalue weighted by molar-refractivity contribution is -0.120. The molecule has 3 rings (SSSR count). The molecule has 33 heavy (non-hydrogen) atoms. The number of para-hydroxylation sites is 1. The summed E-state index contributed by atoms with van der Waals surface area (Å²) in [5.41, 5.74) is 1.88. The maximum Gasteiger partial charge on any atom is 0.253 e. The van der Waals surface area contributed by atoms with Crippen LogP contribution in [0.4, 0.5) is 5.69 Å². The summed E-state index contributed by atoms with van der Waals surface area (Å²) in [4.78, 5) is 25.3. The second-order valence-corrected chi connectivity index (χ2v) is 10.2. The van der Waals surface area contributed by atoms with Crippen molar-refractivity contribution in [1.82, 2.24) is 9.62 Å². The highest BCUT2D eigenvalue weighted by Crippen LogP contribution is 2.23. The van der Waals surface area contributed by atoms with Crippen LogP contribution in [0.15, 0.2) is 67.3 Å². The van der Waals surface area contributed by atoms with Crippen LogP contribution in [0, 0.1) is 5.92 Å². The number of piperidine rings is 1. The van der Waals surface area contributed by atoms with E-state index < -0.39 is 15.9 Å². The summed E-state index contributed by atoms with van der Waals surface area (Å²) in [5, 5.41) is 5.53. The Kier molecular flexibility index (Phi) is 8.79. The molecule has 1 unspecified atom stereocenters. The van der Waals surface area contributed by atoms with E-state index in [1.54, 1.807) is 30.3 Å². The molecule has 2 N–H and O–H groups in total. The minimum atomic E-state index is -3.44. The molecule has 2 aromatic carbocycles. The molecule has 1 saturated heterocycles. The predicted molar refractivity (Wildman–Crippen MR) is 130 cm³/mol. The molecule has 176 valence electrons. The number of sulfonamides is 1. The second kappa shape index (κ2) is 11.8. The Hall–Kier alpha value is -2.97. The highest BCUT2D eigenvalue weighted by atomic mass is 32.2. The molecule has 8 heteroatoms. The predicted octanol–water partition coefficient (Wildman–Crippen LogP) is 3.22. The number of amides is 2. The molecule has 0 aliphatic carbocycles. The third-order valence-corrected chi connectivity index (χ3v) is 7.62. The van der Waals surface area contributed by atoms with Crippen molar-refractivity contribution in [3.05, 3.63) is 78.4 Å². The number of anilines is 1. The Morgan fingerprint density at radius 2 is 1.82 bits per heavy atom. The minimum absolute atomic E-state index is 0.0581.